The smallest absolute Gasteiger partial charge is 0.0883 e. The summed E-state index contributed by atoms with van der Waals surface area (Å²) < 4.78 is 0. The van der Waals surface area contributed by atoms with Crippen LogP contribution in [0.4, 0.5) is 0 Å². The second-order valence-corrected chi connectivity index (χ2v) is 5.20. The van der Waals surface area contributed by atoms with Gasteiger partial charge in [-0.05, 0) is 44.6 Å². The summed E-state index contributed by atoms with van der Waals surface area (Å²) in [6, 6.07) is 0. The largest absolute Gasteiger partial charge is 0.513 e. The van der Waals surface area contributed by atoms with Crippen molar-refractivity contribution in [2.75, 3.05) is 0 Å². The van der Waals surface area contributed by atoms with E-state index in [4.69, 9.17) is 0 Å². The van der Waals surface area contributed by atoms with Gasteiger partial charge in [0.2, 0.25) is 0 Å². The average molecular weight is 239 g/mol. The van der Waals surface area contributed by atoms with Crippen LogP contribution >= 0.6 is 0 Å². The Morgan fingerprint density at radius 1 is 1.00 bits per heavy atom. The maximum atomic E-state index is 9.32. The van der Waals surface area contributed by atoms with Crippen LogP contribution in [0.3, 0.4) is 0 Å². The van der Waals surface area contributed by atoms with Crippen molar-refractivity contribution in [3.8, 4) is 0 Å². The number of allylic oxidation sites excluding steroid dienone is 2. The van der Waals surface area contributed by atoms with Crippen LogP contribution in [0.1, 0.15) is 79.1 Å². The summed E-state index contributed by atoms with van der Waals surface area (Å²) in [4.78, 5) is 0. The van der Waals surface area contributed by atoms with Crippen molar-refractivity contribution >= 4 is 0 Å². The topological polar surface area (TPSA) is 20.2 Å². The summed E-state index contributed by atoms with van der Waals surface area (Å²) >= 11 is 0. The number of hydrogen-bond acceptors (Lipinski definition) is 1. The lowest BCUT2D eigenvalue weighted by Gasteiger charge is -2.16. The highest BCUT2D eigenvalue weighted by Crippen LogP contribution is 2.23. The Balaban J connectivity index is 3.85. The average Bonchev–Trinajstić information content (AvgIpc) is 2.31. The van der Waals surface area contributed by atoms with Crippen LogP contribution in [0, 0.1) is 12.3 Å². The molecule has 0 rings (SSSR count). The minimum absolute atomic E-state index is 0.462. The molecule has 1 N–H and O–H groups in total. The van der Waals surface area contributed by atoms with Gasteiger partial charge in [-0.25, -0.2) is 0 Å². The Morgan fingerprint density at radius 3 is 1.94 bits per heavy atom. The first-order valence-corrected chi connectivity index (χ1v) is 7.31. The number of hydrogen-bond donors (Lipinski definition) is 1. The molecule has 1 nitrogen and oxygen atoms in total. The van der Waals surface area contributed by atoms with Crippen LogP contribution < -0.4 is 0 Å². The molecule has 0 aliphatic carbocycles. The fraction of sp³-hybridized carbons (Fsp3) is 0.812. The molecule has 1 heteroatoms. The van der Waals surface area contributed by atoms with Crippen LogP contribution in [0.5, 0.6) is 0 Å². The molecule has 0 aliphatic rings. The summed E-state index contributed by atoms with van der Waals surface area (Å²) in [6.45, 7) is 8.29. The molecule has 0 aromatic rings. The van der Waals surface area contributed by atoms with E-state index in [9.17, 15) is 5.11 Å². The van der Waals surface area contributed by atoms with E-state index in [-0.39, 0.29) is 0 Å². The minimum atomic E-state index is 0.462. The zero-order valence-electron chi connectivity index (χ0n) is 12.3. The lowest BCUT2D eigenvalue weighted by atomic mass is 9.90. The maximum absolute atomic E-state index is 9.32. The second kappa shape index (κ2) is 10.7. The molecule has 0 amide bonds. The van der Waals surface area contributed by atoms with E-state index in [1.54, 1.807) is 6.92 Å². The zero-order valence-corrected chi connectivity index (χ0v) is 12.3. The molecule has 0 aliphatic heterocycles. The van der Waals surface area contributed by atoms with Crippen molar-refractivity contribution in [2.45, 2.75) is 79.1 Å². The first-order valence-electron chi connectivity index (χ1n) is 7.31. The number of aliphatic hydroxyl groups is 1. The molecule has 0 saturated carbocycles. The van der Waals surface area contributed by atoms with Crippen LogP contribution in [0.15, 0.2) is 11.3 Å². The molecular weight excluding hydrogens is 208 g/mol. The van der Waals surface area contributed by atoms with Gasteiger partial charge in [-0.1, -0.05) is 52.4 Å². The second-order valence-electron chi connectivity index (χ2n) is 5.20. The van der Waals surface area contributed by atoms with Crippen molar-refractivity contribution < 1.29 is 5.11 Å². The fourth-order valence-electron chi connectivity index (χ4n) is 2.10. The summed E-state index contributed by atoms with van der Waals surface area (Å²) in [5.41, 5.74) is 1.04. The summed E-state index contributed by atoms with van der Waals surface area (Å²) in [6.07, 6.45) is 12.7. The monoisotopic (exact) mass is 239 g/mol. The Bertz CT molecular complexity index is 194. The third-order valence-electron chi connectivity index (χ3n) is 3.53. The van der Waals surface area contributed by atoms with Crippen molar-refractivity contribution in [1.29, 1.82) is 0 Å². The van der Waals surface area contributed by atoms with E-state index in [1.165, 1.54) is 44.9 Å². The Morgan fingerprint density at radius 2 is 1.53 bits per heavy atom. The van der Waals surface area contributed by atoms with Crippen molar-refractivity contribution in [1.82, 2.24) is 0 Å². The lowest BCUT2D eigenvalue weighted by molar-refractivity contribution is 0.389. The van der Waals surface area contributed by atoms with Crippen LogP contribution in [0.2, 0.25) is 0 Å². The van der Waals surface area contributed by atoms with E-state index in [2.05, 4.69) is 20.3 Å². The van der Waals surface area contributed by atoms with E-state index >= 15 is 0 Å². The quantitative estimate of drug-likeness (QED) is 0.476. The van der Waals surface area contributed by atoms with Crippen LogP contribution in [-0.2, 0) is 0 Å². The Kier molecular flexibility index (Phi) is 10.4. The van der Waals surface area contributed by atoms with Crippen molar-refractivity contribution in [2.24, 2.45) is 5.92 Å². The normalized spacial score (nSPS) is 13.0. The molecule has 0 atom stereocenters. The molecule has 0 saturated heterocycles. The van der Waals surface area contributed by atoms with Crippen LogP contribution in [0.25, 0.3) is 0 Å². The first kappa shape index (κ1) is 16.5. The molecule has 0 heterocycles. The van der Waals surface area contributed by atoms with Gasteiger partial charge in [-0.3, -0.25) is 0 Å². The third kappa shape index (κ3) is 9.26. The summed E-state index contributed by atoms with van der Waals surface area (Å²) in [5.74, 6) is 1.35. The molecular formula is C16H31O. The van der Waals surface area contributed by atoms with Crippen molar-refractivity contribution in [3.63, 3.8) is 0 Å². The zero-order chi connectivity index (χ0) is 13.1. The highest BCUT2D eigenvalue weighted by atomic mass is 16.3. The molecule has 1 radical (unpaired) electrons. The number of unbranched alkanes of at least 4 members (excludes halogenated alkanes) is 2. The van der Waals surface area contributed by atoms with Gasteiger partial charge in [0.05, 0.1) is 5.76 Å². The predicted molar refractivity (Wildman–Crippen MR) is 77.1 cm³/mol. The van der Waals surface area contributed by atoms with Gasteiger partial charge in [0.25, 0.3) is 0 Å². The van der Waals surface area contributed by atoms with E-state index in [0.29, 0.717) is 5.76 Å². The van der Waals surface area contributed by atoms with E-state index < -0.39 is 0 Å². The molecule has 0 aromatic carbocycles. The number of aliphatic hydroxyl groups excluding tert-OH is 1. The maximum Gasteiger partial charge on any atom is 0.0883 e. The minimum Gasteiger partial charge on any atom is -0.513 e. The van der Waals surface area contributed by atoms with Gasteiger partial charge in [0, 0.05) is 0 Å². The molecule has 0 fully saturated rings. The fourth-order valence-corrected chi connectivity index (χ4v) is 2.10. The SMILES string of the molecule is CCCCC(CC[CH]C(C)=C(C)O)CCCC. The molecule has 0 spiro atoms. The first-order chi connectivity index (χ1) is 8.11. The number of rotatable bonds is 10. The predicted octanol–water partition coefficient (Wildman–Crippen LogP) is 5.82. The van der Waals surface area contributed by atoms with E-state index in [1.807, 2.05) is 6.92 Å². The molecule has 17 heavy (non-hydrogen) atoms. The molecule has 0 bridgehead atoms. The highest BCUT2D eigenvalue weighted by molar-refractivity contribution is 5.12. The lowest BCUT2D eigenvalue weighted by Crippen LogP contribution is -2.01. The molecule has 101 valence electrons. The van der Waals surface area contributed by atoms with Gasteiger partial charge >= 0.3 is 0 Å². The summed E-state index contributed by atoms with van der Waals surface area (Å²) in [7, 11) is 0. The van der Waals surface area contributed by atoms with Gasteiger partial charge in [-0.2, -0.15) is 0 Å². The molecule has 0 unspecified atom stereocenters. The van der Waals surface area contributed by atoms with E-state index in [0.717, 1.165) is 17.9 Å². The van der Waals surface area contributed by atoms with Gasteiger partial charge in [0.15, 0.2) is 0 Å². The third-order valence-corrected chi connectivity index (χ3v) is 3.53. The van der Waals surface area contributed by atoms with Crippen molar-refractivity contribution in [3.05, 3.63) is 17.8 Å². The Hall–Kier alpha value is -0.460. The van der Waals surface area contributed by atoms with Gasteiger partial charge in [0.1, 0.15) is 0 Å². The van der Waals surface area contributed by atoms with Crippen LogP contribution in [-0.4, -0.2) is 5.11 Å². The molecule has 0 aromatic heterocycles. The standard InChI is InChI=1S/C16H31O/c1-5-7-11-16(12-8-6-2)13-9-10-14(3)15(4)17/h10,16-17H,5-9,11-13H2,1-4H3. The van der Waals surface area contributed by atoms with Gasteiger partial charge < -0.3 is 5.11 Å². The Labute approximate surface area is 108 Å². The highest BCUT2D eigenvalue weighted by Gasteiger charge is 2.08. The summed E-state index contributed by atoms with van der Waals surface area (Å²) in [5, 5.41) is 9.32. The van der Waals surface area contributed by atoms with Gasteiger partial charge in [-0.15, -0.1) is 0 Å².